The highest BCUT2D eigenvalue weighted by molar-refractivity contribution is 5.41. The molecule has 0 bridgehead atoms. The summed E-state index contributed by atoms with van der Waals surface area (Å²) in [6.07, 6.45) is 3.03. The van der Waals surface area contributed by atoms with Gasteiger partial charge in [0.05, 0.1) is 5.69 Å². The van der Waals surface area contributed by atoms with Crippen LogP contribution in [0.4, 0.5) is 0 Å². The van der Waals surface area contributed by atoms with Crippen LogP contribution in [0.3, 0.4) is 0 Å². The molecule has 0 aliphatic carbocycles. The van der Waals surface area contributed by atoms with Crippen LogP contribution in [-0.4, -0.2) is 14.4 Å². The van der Waals surface area contributed by atoms with Crippen LogP contribution >= 0.6 is 0 Å². The Morgan fingerprint density at radius 1 is 1.31 bits per heavy atom. The van der Waals surface area contributed by atoms with Crippen LogP contribution in [0, 0.1) is 13.8 Å². The summed E-state index contributed by atoms with van der Waals surface area (Å²) in [5, 5.41) is 0. The van der Waals surface area contributed by atoms with Crippen LogP contribution in [0.1, 0.15) is 24.1 Å². The third kappa shape index (κ3) is 1.30. The maximum atomic E-state index is 4.48. The van der Waals surface area contributed by atoms with Crippen molar-refractivity contribution in [2.24, 2.45) is 0 Å². The minimum Gasteiger partial charge on any atom is -0.288 e. The molecule has 0 atom stereocenters. The zero-order valence-corrected chi connectivity index (χ0v) is 8.20. The van der Waals surface area contributed by atoms with Gasteiger partial charge in [0.1, 0.15) is 11.5 Å². The van der Waals surface area contributed by atoms with Crippen molar-refractivity contribution < 1.29 is 0 Å². The van der Waals surface area contributed by atoms with E-state index in [0.717, 1.165) is 29.3 Å². The Balaban J connectivity index is 2.75. The molecular formula is C10H13N3. The topological polar surface area (TPSA) is 30.2 Å². The molecule has 3 nitrogen and oxygen atoms in total. The standard InChI is InChI=1S/C10H13N3/c1-4-9-6-13-8(3)11-7(2)5-10(13)12-9/h5-6H,4H2,1-3H3. The fourth-order valence-corrected chi connectivity index (χ4v) is 1.50. The van der Waals surface area contributed by atoms with Gasteiger partial charge in [0.25, 0.3) is 0 Å². The fourth-order valence-electron chi connectivity index (χ4n) is 1.50. The molecule has 0 radical (unpaired) electrons. The Hall–Kier alpha value is -1.38. The van der Waals surface area contributed by atoms with Crippen molar-refractivity contribution in [3.63, 3.8) is 0 Å². The van der Waals surface area contributed by atoms with Gasteiger partial charge in [0.15, 0.2) is 0 Å². The van der Waals surface area contributed by atoms with E-state index in [-0.39, 0.29) is 0 Å². The van der Waals surface area contributed by atoms with E-state index in [4.69, 9.17) is 0 Å². The van der Waals surface area contributed by atoms with Crippen molar-refractivity contribution in [1.29, 1.82) is 0 Å². The summed E-state index contributed by atoms with van der Waals surface area (Å²) in [4.78, 5) is 8.85. The van der Waals surface area contributed by atoms with Crippen LogP contribution < -0.4 is 0 Å². The molecule has 3 heteroatoms. The van der Waals surface area contributed by atoms with E-state index in [1.165, 1.54) is 0 Å². The zero-order valence-electron chi connectivity index (χ0n) is 8.20. The molecule has 68 valence electrons. The largest absolute Gasteiger partial charge is 0.288 e. The Morgan fingerprint density at radius 3 is 2.77 bits per heavy atom. The number of aromatic nitrogens is 3. The van der Waals surface area contributed by atoms with Crippen LogP contribution in [0.25, 0.3) is 5.65 Å². The van der Waals surface area contributed by atoms with E-state index < -0.39 is 0 Å². The Labute approximate surface area is 77.4 Å². The Morgan fingerprint density at radius 2 is 2.08 bits per heavy atom. The molecule has 0 unspecified atom stereocenters. The highest BCUT2D eigenvalue weighted by Crippen LogP contribution is 2.08. The summed E-state index contributed by atoms with van der Waals surface area (Å²) in [6.45, 7) is 6.10. The minimum atomic E-state index is 0.972. The van der Waals surface area contributed by atoms with Crippen molar-refractivity contribution in [2.75, 3.05) is 0 Å². The summed E-state index contributed by atoms with van der Waals surface area (Å²) >= 11 is 0. The molecule has 0 aliphatic heterocycles. The van der Waals surface area contributed by atoms with Crippen LogP contribution in [0.5, 0.6) is 0 Å². The first-order valence-corrected chi connectivity index (χ1v) is 4.53. The van der Waals surface area contributed by atoms with E-state index in [9.17, 15) is 0 Å². The summed E-state index contributed by atoms with van der Waals surface area (Å²) in [7, 11) is 0. The molecule has 0 spiro atoms. The molecule has 0 aliphatic rings. The molecule has 2 aromatic rings. The summed E-state index contributed by atoms with van der Waals surface area (Å²) in [5.41, 5.74) is 3.15. The lowest BCUT2D eigenvalue weighted by atomic mass is 10.4. The Kier molecular flexibility index (Phi) is 1.79. The lowest BCUT2D eigenvalue weighted by Crippen LogP contribution is -1.95. The molecule has 0 saturated carbocycles. The van der Waals surface area contributed by atoms with Gasteiger partial charge < -0.3 is 0 Å². The fraction of sp³-hybridized carbons (Fsp3) is 0.400. The van der Waals surface area contributed by atoms with Crippen molar-refractivity contribution in [1.82, 2.24) is 14.4 Å². The molecule has 0 saturated heterocycles. The lowest BCUT2D eigenvalue weighted by Gasteiger charge is -1.98. The first-order valence-electron chi connectivity index (χ1n) is 4.53. The second-order valence-electron chi connectivity index (χ2n) is 3.26. The van der Waals surface area contributed by atoms with Gasteiger partial charge in [-0.15, -0.1) is 0 Å². The first kappa shape index (κ1) is 8.23. The van der Waals surface area contributed by atoms with Gasteiger partial charge in [0.2, 0.25) is 0 Å². The summed E-state index contributed by atoms with van der Waals surface area (Å²) in [6, 6.07) is 2.01. The van der Waals surface area contributed by atoms with E-state index in [0.29, 0.717) is 0 Å². The van der Waals surface area contributed by atoms with E-state index in [1.807, 2.05) is 24.3 Å². The van der Waals surface area contributed by atoms with Crippen LogP contribution in [0.15, 0.2) is 12.3 Å². The maximum Gasteiger partial charge on any atom is 0.140 e. The van der Waals surface area contributed by atoms with Crippen molar-refractivity contribution >= 4 is 5.65 Å². The number of aryl methyl sites for hydroxylation is 3. The second-order valence-corrected chi connectivity index (χ2v) is 3.26. The predicted octanol–water partition coefficient (Wildman–Crippen LogP) is 1.91. The number of imidazole rings is 1. The van der Waals surface area contributed by atoms with Crippen molar-refractivity contribution in [3.05, 3.63) is 29.5 Å². The van der Waals surface area contributed by atoms with Gasteiger partial charge >= 0.3 is 0 Å². The Bertz CT molecular complexity index is 443. The van der Waals surface area contributed by atoms with Gasteiger partial charge in [-0.1, -0.05) is 6.92 Å². The molecule has 13 heavy (non-hydrogen) atoms. The van der Waals surface area contributed by atoms with Gasteiger partial charge in [-0.25, -0.2) is 9.97 Å². The molecule has 2 aromatic heterocycles. The normalized spacial score (nSPS) is 11.0. The molecule has 0 fully saturated rings. The predicted molar refractivity (Wildman–Crippen MR) is 51.8 cm³/mol. The van der Waals surface area contributed by atoms with Gasteiger partial charge in [0, 0.05) is 18.0 Å². The molecular weight excluding hydrogens is 162 g/mol. The molecule has 2 rings (SSSR count). The minimum absolute atomic E-state index is 0.972. The zero-order chi connectivity index (χ0) is 9.42. The third-order valence-electron chi connectivity index (χ3n) is 2.17. The number of fused-ring (bicyclic) bond motifs is 1. The molecule has 0 N–H and O–H groups in total. The highest BCUT2D eigenvalue weighted by atomic mass is 15.1. The molecule has 0 amide bonds. The second kappa shape index (κ2) is 2.83. The van der Waals surface area contributed by atoms with Crippen LogP contribution in [-0.2, 0) is 6.42 Å². The van der Waals surface area contributed by atoms with E-state index >= 15 is 0 Å². The summed E-state index contributed by atoms with van der Waals surface area (Å²) in [5.74, 6) is 1.00. The van der Waals surface area contributed by atoms with Crippen molar-refractivity contribution in [3.8, 4) is 0 Å². The van der Waals surface area contributed by atoms with Crippen LogP contribution in [0.2, 0.25) is 0 Å². The smallest absolute Gasteiger partial charge is 0.140 e. The molecule has 2 heterocycles. The third-order valence-corrected chi connectivity index (χ3v) is 2.17. The number of rotatable bonds is 1. The first-order chi connectivity index (χ1) is 6.20. The number of hydrogen-bond acceptors (Lipinski definition) is 2. The average molecular weight is 175 g/mol. The quantitative estimate of drug-likeness (QED) is 0.662. The van der Waals surface area contributed by atoms with Crippen molar-refractivity contribution in [2.45, 2.75) is 27.2 Å². The molecule has 0 aromatic carbocycles. The van der Waals surface area contributed by atoms with Gasteiger partial charge in [-0.2, -0.15) is 0 Å². The average Bonchev–Trinajstić information content (AvgIpc) is 2.47. The van der Waals surface area contributed by atoms with E-state index in [1.54, 1.807) is 0 Å². The monoisotopic (exact) mass is 175 g/mol. The summed E-state index contributed by atoms with van der Waals surface area (Å²) < 4.78 is 2.03. The van der Waals surface area contributed by atoms with E-state index in [2.05, 4.69) is 23.1 Å². The van der Waals surface area contributed by atoms with Gasteiger partial charge in [-0.05, 0) is 20.3 Å². The SMILES string of the molecule is CCc1cn2c(C)nc(C)cc2n1. The van der Waals surface area contributed by atoms with Gasteiger partial charge in [-0.3, -0.25) is 4.40 Å². The highest BCUT2D eigenvalue weighted by Gasteiger charge is 2.02. The lowest BCUT2D eigenvalue weighted by molar-refractivity contribution is 0.958. The number of nitrogens with zero attached hydrogens (tertiary/aromatic N) is 3. The maximum absolute atomic E-state index is 4.48. The number of hydrogen-bond donors (Lipinski definition) is 0.